The average Bonchev–Trinajstić information content (AvgIpc) is 2.88. The highest BCUT2D eigenvalue weighted by molar-refractivity contribution is 5.99. The molecule has 0 aliphatic carbocycles. The Bertz CT molecular complexity index is 561. The molecule has 1 aromatic carbocycles. The van der Waals surface area contributed by atoms with Gasteiger partial charge in [0.2, 0.25) is 5.91 Å². The van der Waals surface area contributed by atoms with E-state index in [1.54, 1.807) is 12.1 Å². The molecule has 0 atom stereocenters. The first-order valence-electron chi connectivity index (χ1n) is 6.98. The van der Waals surface area contributed by atoms with Gasteiger partial charge in [-0.2, -0.15) is 0 Å². The Hall–Kier alpha value is -1.95. The third kappa shape index (κ3) is 3.54. The number of carbonyl (C=O) groups excluding carboxylic acids is 1. The van der Waals surface area contributed by atoms with Crippen molar-refractivity contribution < 1.29 is 9.42 Å². The summed E-state index contributed by atoms with van der Waals surface area (Å²) >= 11 is 0. The van der Waals surface area contributed by atoms with Gasteiger partial charge in [-0.3, -0.25) is 9.69 Å². The van der Waals surface area contributed by atoms with Crippen LogP contribution in [-0.2, 0) is 4.79 Å². The molecule has 0 aliphatic rings. The summed E-state index contributed by atoms with van der Waals surface area (Å²) < 4.78 is 4.68. The van der Waals surface area contributed by atoms with E-state index in [2.05, 4.69) is 39.0 Å². The fourth-order valence-electron chi connectivity index (χ4n) is 2.20. The van der Waals surface area contributed by atoms with Crippen molar-refractivity contribution >= 4 is 22.6 Å². The van der Waals surface area contributed by atoms with Crippen molar-refractivity contribution in [2.45, 2.75) is 26.7 Å². The highest BCUT2D eigenvalue weighted by atomic mass is 16.6. The lowest BCUT2D eigenvalue weighted by Gasteiger charge is -2.20. The van der Waals surface area contributed by atoms with E-state index in [0.717, 1.165) is 25.9 Å². The highest BCUT2D eigenvalue weighted by Crippen LogP contribution is 2.19. The van der Waals surface area contributed by atoms with Crippen LogP contribution in [0.2, 0.25) is 0 Å². The third-order valence-electron chi connectivity index (χ3n) is 3.01. The first kappa shape index (κ1) is 14.5. The van der Waals surface area contributed by atoms with Gasteiger partial charge in [0.25, 0.3) is 0 Å². The number of fused-ring (bicyclic) bond motifs is 1. The molecule has 1 heterocycles. The monoisotopic (exact) mass is 276 g/mol. The van der Waals surface area contributed by atoms with Crippen molar-refractivity contribution in [3.8, 4) is 0 Å². The molecular formula is C14H20N4O2. The van der Waals surface area contributed by atoms with Gasteiger partial charge in [-0.1, -0.05) is 19.9 Å². The minimum atomic E-state index is -0.0394. The van der Waals surface area contributed by atoms with Gasteiger partial charge >= 0.3 is 0 Å². The van der Waals surface area contributed by atoms with Crippen molar-refractivity contribution in [1.82, 2.24) is 15.2 Å². The number of anilines is 1. The van der Waals surface area contributed by atoms with Gasteiger partial charge in [0.15, 0.2) is 5.52 Å². The van der Waals surface area contributed by atoms with Crippen molar-refractivity contribution in [2.24, 2.45) is 0 Å². The predicted octanol–water partition coefficient (Wildman–Crippen LogP) is 2.28. The maximum Gasteiger partial charge on any atom is 0.238 e. The molecule has 1 N–H and O–H groups in total. The van der Waals surface area contributed by atoms with Gasteiger partial charge in [-0.05, 0) is 48.4 Å². The Labute approximate surface area is 118 Å². The van der Waals surface area contributed by atoms with Crippen LogP contribution < -0.4 is 5.32 Å². The smallest absolute Gasteiger partial charge is 0.238 e. The molecule has 1 amide bonds. The summed E-state index contributed by atoms with van der Waals surface area (Å²) in [6, 6.07) is 5.41. The average molecular weight is 276 g/mol. The van der Waals surface area contributed by atoms with Gasteiger partial charge in [0.1, 0.15) is 5.52 Å². The second-order valence-electron chi connectivity index (χ2n) is 4.76. The molecular weight excluding hydrogens is 256 g/mol. The van der Waals surface area contributed by atoms with Crippen LogP contribution in [0.4, 0.5) is 5.69 Å². The van der Waals surface area contributed by atoms with Crippen molar-refractivity contribution in [1.29, 1.82) is 0 Å². The van der Waals surface area contributed by atoms with E-state index in [1.807, 2.05) is 6.07 Å². The molecule has 0 spiro atoms. The molecule has 6 nitrogen and oxygen atoms in total. The van der Waals surface area contributed by atoms with Crippen molar-refractivity contribution in [2.75, 3.05) is 25.0 Å². The van der Waals surface area contributed by atoms with Crippen LogP contribution in [0.1, 0.15) is 26.7 Å². The molecule has 108 valence electrons. The molecule has 0 unspecified atom stereocenters. The summed E-state index contributed by atoms with van der Waals surface area (Å²) in [5, 5.41) is 10.4. The van der Waals surface area contributed by atoms with Crippen LogP contribution >= 0.6 is 0 Å². The molecule has 6 heteroatoms. The summed E-state index contributed by atoms with van der Waals surface area (Å²) in [5.41, 5.74) is 1.86. The molecule has 0 bridgehead atoms. The fraction of sp³-hybridized carbons (Fsp3) is 0.500. The normalized spacial score (nSPS) is 11.2. The second kappa shape index (κ2) is 7.00. The van der Waals surface area contributed by atoms with Crippen molar-refractivity contribution in [3.63, 3.8) is 0 Å². The molecule has 0 radical (unpaired) electrons. The number of aromatic nitrogens is 2. The number of hydrogen-bond donors (Lipinski definition) is 1. The van der Waals surface area contributed by atoms with Gasteiger partial charge in [-0.15, -0.1) is 0 Å². The lowest BCUT2D eigenvalue weighted by Crippen LogP contribution is -2.34. The molecule has 20 heavy (non-hydrogen) atoms. The third-order valence-corrected chi connectivity index (χ3v) is 3.01. The largest absolute Gasteiger partial charge is 0.323 e. The zero-order valence-electron chi connectivity index (χ0n) is 11.9. The topological polar surface area (TPSA) is 71.3 Å². The van der Waals surface area contributed by atoms with E-state index in [9.17, 15) is 4.79 Å². The van der Waals surface area contributed by atoms with Crippen LogP contribution in [0.3, 0.4) is 0 Å². The van der Waals surface area contributed by atoms with Crippen molar-refractivity contribution in [3.05, 3.63) is 18.2 Å². The summed E-state index contributed by atoms with van der Waals surface area (Å²) in [7, 11) is 0. The number of benzene rings is 1. The highest BCUT2D eigenvalue weighted by Gasteiger charge is 2.12. The van der Waals surface area contributed by atoms with E-state index in [0.29, 0.717) is 23.3 Å². The van der Waals surface area contributed by atoms with Gasteiger partial charge in [-0.25, -0.2) is 4.63 Å². The Morgan fingerprint density at radius 3 is 2.70 bits per heavy atom. The Morgan fingerprint density at radius 2 is 2.00 bits per heavy atom. The molecule has 2 aromatic rings. The minimum absolute atomic E-state index is 0.0394. The van der Waals surface area contributed by atoms with Gasteiger partial charge in [0, 0.05) is 0 Å². The number of hydrogen-bond acceptors (Lipinski definition) is 5. The van der Waals surface area contributed by atoms with Crippen LogP contribution in [0.5, 0.6) is 0 Å². The summed E-state index contributed by atoms with van der Waals surface area (Å²) in [6.07, 6.45) is 2.08. The van der Waals surface area contributed by atoms with Gasteiger partial charge in [0.05, 0.1) is 12.2 Å². The zero-order valence-corrected chi connectivity index (χ0v) is 11.9. The molecule has 2 rings (SSSR count). The van der Waals surface area contributed by atoms with Crippen LogP contribution in [-0.4, -0.2) is 40.8 Å². The molecule has 0 fully saturated rings. The molecule has 0 saturated heterocycles. The summed E-state index contributed by atoms with van der Waals surface area (Å²) in [6.45, 7) is 6.47. The first-order valence-corrected chi connectivity index (χ1v) is 6.98. The summed E-state index contributed by atoms with van der Waals surface area (Å²) in [4.78, 5) is 14.3. The summed E-state index contributed by atoms with van der Waals surface area (Å²) in [5.74, 6) is -0.0394. The zero-order chi connectivity index (χ0) is 14.4. The maximum absolute atomic E-state index is 12.1. The number of nitrogens with one attached hydrogen (secondary N) is 1. The number of nitrogens with zero attached hydrogens (tertiary/aromatic N) is 3. The quantitative estimate of drug-likeness (QED) is 0.840. The van der Waals surface area contributed by atoms with Crippen LogP contribution in [0.25, 0.3) is 11.0 Å². The van der Waals surface area contributed by atoms with E-state index in [1.165, 1.54) is 0 Å². The van der Waals surface area contributed by atoms with Crippen LogP contribution in [0.15, 0.2) is 22.8 Å². The Kier molecular flexibility index (Phi) is 5.06. The molecule has 0 saturated carbocycles. The Morgan fingerprint density at radius 1 is 1.25 bits per heavy atom. The minimum Gasteiger partial charge on any atom is -0.323 e. The number of carbonyl (C=O) groups is 1. The first-order chi connectivity index (χ1) is 9.74. The van der Waals surface area contributed by atoms with Crippen LogP contribution in [0, 0.1) is 0 Å². The Balaban J connectivity index is 2.01. The second-order valence-corrected chi connectivity index (χ2v) is 4.76. The van der Waals surface area contributed by atoms with E-state index in [-0.39, 0.29) is 5.91 Å². The number of rotatable bonds is 7. The SMILES string of the molecule is CCCN(CCC)CC(=O)Nc1cccc2nonc12. The van der Waals surface area contributed by atoms with Gasteiger partial charge < -0.3 is 5.32 Å². The fourth-order valence-corrected chi connectivity index (χ4v) is 2.20. The lowest BCUT2D eigenvalue weighted by molar-refractivity contribution is -0.117. The van der Waals surface area contributed by atoms with E-state index < -0.39 is 0 Å². The van der Waals surface area contributed by atoms with E-state index in [4.69, 9.17) is 0 Å². The standard InChI is InChI=1S/C14H20N4O2/c1-3-8-18(9-4-2)10-13(19)15-11-6-5-7-12-14(11)17-20-16-12/h5-7H,3-4,8-10H2,1-2H3,(H,15,19). The van der Waals surface area contributed by atoms with E-state index >= 15 is 0 Å². The number of amides is 1. The predicted molar refractivity (Wildman–Crippen MR) is 77.5 cm³/mol. The maximum atomic E-state index is 12.1. The molecule has 1 aromatic heterocycles. The molecule has 0 aliphatic heterocycles. The lowest BCUT2D eigenvalue weighted by atomic mass is 10.2.